The number of ketones is 1. The van der Waals surface area contributed by atoms with Crippen molar-refractivity contribution in [2.45, 2.75) is 103 Å². The zero-order valence-corrected chi connectivity index (χ0v) is 21.4. The summed E-state index contributed by atoms with van der Waals surface area (Å²) in [5.74, 6) is 1.53. The van der Waals surface area contributed by atoms with Crippen molar-refractivity contribution in [1.82, 2.24) is 9.55 Å². The van der Waals surface area contributed by atoms with Gasteiger partial charge < -0.3 is 14.0 Å². The summed E-state index contributed by atoms with van der Waals surface area (Å²) in [6.07, 6.45) is 11.1. The van der Waals surface area contributed by atoms with E-state index >= 15 is 0 Å². The van der Waals surface area contributed by atoms with E-state index in [-0.39, 0.29) is 24.1 Å². The number of benzene rings is 1. The number of imidazole rings is 1. The van der Waals surface area contributed by atoms with Crippen molar-refractivity contribution in [3.8, 4) is 0 Å². The summed E-state index contributed by atoms with van der Waals surface area (Å²) in [6, 6.07) is 4.57. The first-order chi connectivity index (χ1) is 17.0. The molecule has 1 aliphatic carbocycles. The molecule has 2 fully saturated rings. The van der Waals surface area contributed by atoms with Gasteiger partial charge in [-0.15, -0.1) is 0 Å². The van der Waals surface area contributed by atoms with Crippen molar-refractivity contribution in [1.29, 1.82) is 0 Å². The number of nitrogens with zero attached hydrogens (tertiary/aromatic N) is 3. The van der Waals surface area contributed by atoms with E-state index in [1.165, 1.54) is 13.5 Å². The fourth-order valence-corrected chi connectivity index (χ4v) is 6.50. The molecule has 2 aromatic rings. The fourth-order valence-electron chi connectivity index (χ4n) is 6.50. The van der Waals surface area contributed by atoms with Gasteiger partial charge in [-0.25, -0.2) is 9.78 Å². The molecule has 2 aliphatic heterocycles. The number of Topliss-reactive ketones (excluding diaryl/α,β-unsaturated/α-hetero) is 1. The maximum Gasteiger partial charge on any atom is 0.414 e. The zero-order valence-electron chi connectivity index (χ0n) is 21.4. The number of carbonyl (C=O) groups is 2. The Balaban J connectivity index is 1.56. The number of aromatic nitrogens is 2. The van der Waals surface area contributed by atoms with Gasteiger partial charge in [0.1, 0.15) is 11.6 Å². The quantitative estimate of drug-likeness (QED) is 0.542. The SMILES string of the molecule is COC(=O)N1c2ccc3c(nc(CC[C@@H]4CCCCO4)n3[C@@H]3CCC[C@H](C(C)=O)C3)c2CC[C@@H]1C. The minimum absolute atomic E-state index is 0.0899. The van der Waals surface area contributed by atoms with Gasteiger partial charge in [0, 0.05) is 36.6 Å². The van der Waals surface area contributed by atoms with Crippen LogP contribution in [-0.2, 0) is 27.1 Å². The van der Waals surface area contributed by atoms with Crippen LogP contribution in [0.5, 0.6) is 0 Å². The Morgan fingerprint density at radius 3 is 2.74 bits per heavy atom. The molecule has 1 saturated carbocycles. The van der Waals surface area contributed by atoms with Gasteiger partial charge in [0.2, 0.25) is 0 Å². The Kier molecular flexibility index (Phi) is 7.14. The van der Waals surface area contributed by atoms with Crippen molar-refractivity contribution >= 4 is 28.6 Å². The number of fused-ring (bicyclic) bond motifs is 3. The van der Waals surface area contributed by atoms with Crippen LogP contribution in [-0.4, -0.2) is 47.3 Å². The van der Waals surface area contributed by atoms with E-state index in [0.717, 1.165) is 98.9 Å². The lowest BCUT2D eigenvalue weighted by molar-refractivity contribution is -0.122. The van der Waals surface area contributed by atoms with Gasteiger partial charge in [-0.05, 0) is 83.8 Å². The van der Waals surface area contributed by atoms with Crippen molar-refractivity contribution in [2.24, 2.45) is 5.92 Å². The minimum Gasteiger partial charge on any atom is -0.452 e. The summed E-state index contributed by atoms with van der Waals surface area (Å²) in [5, 5.41) is 0. The molecular weight excluding hydrogens is 442 g/mol. The molecule has 5 rings (SSSR count). The number of hydrogen-bond donors (Lipinski definition) is 0. The molecule has 0 bridgehead atoms. The second-order valence-electron chi connectivity index (χ2n) is 10.7. The molecule has 4 atom stereocenters. The van der Waals surface area contributed by atoms with Crippen LogP contribution in [0.4, 0.5) is 10.5 Å². The van der Waals surface area contributed by atoms with Crippen LogP contribution in [0.25, 0.3) is 11.0 Å². The van der Waals surface area contributed by atoms with Crippen LogP contribution in [0.2, 0.25) is 0 Å². The predicted molar refractivity (Wildman–Crippen MR) is 136 cm³/mol. The molecule has 1 amide bonds. The lowest BCUT2D eigenvalue weighted by Gasteiger charge is -2.34. The van der Waals surface area contributed by atoms with Gasteiger partial charge >= 0.3 is 6.09 Å². The van der Waals surface area contributed by atoms with Crippen molar-refractivity contribution in [2.75, 3.05) is 18.6 Å². The first-order valence-corrected chi connectivity index (χ1v) is 13.5. The molecule has 1 aromatic heterocycles. The Morgan fingerprint density at radius 2 is 2.00 bits per heavy atom. The number of anilines is 1. The van der Waals surface area contributed by atoms with Gasteiger partial charge in [0.15, 0.2) is 0 Å². The molecule has 1 aromatic carbocycles. The Hall–Kier alpha value is -2.41. The van der Waals surface area contributed by atoms with Gasteiger partial charge in [-0.3, -0.25) is 9.69 Å². The van der Waals surface area contributed by atoms with Crippen molar-refractivity contribution < 1.29 is 19.1 Å². The number of carbonyl (C=O) groups excluding carboxylic acids is 2. The van der Waals surface area contributed by atoms with Crippen LogP contribution in [0.15, 0.2) is 12.1 Å². The number of methoxy groups -OCH3 is 1. The van der Waals surface area contributed by atoms with Crippen molar-refractivity contribution in [3.63, 3.8) is 0 Å². The molecule has 35 heavy (non-hydrogen) atoms. The number of ether oxygens (including phenoxy) is 2. The van der Waals surface area contributed by atoms with E-state index in [2.05, 4.69) is 23.6 Å². The first-order valence-electron chi connectivity index (χ1n) is 13.5. The average Bonchev–Trinajstić information content (AvgIpc) is 3.26. The van der Waals surface area contributed by atoms with E-state index in [0.29, 0.717) is 11.9 Å². The van der Waals surface area contributed by atoms with E-state index in [1.807, 2.05) is 0 Å². The largest absolute Gasteiger partial charge is 0.452 e. The summed E-state index contributed by atoms with van der Waals surface area (Å²) < 4.78 is 13.6. The maximum absolute atomic E-state index is 12.6. The Labute approximate surface area is 208 Å². The number of aryl methyl sites for hydroxylation is 2. The number of hydrogen-bond acceptors (Lipinski definition) is 5. The second-order valence-corrected chi connectivity index (χ2v) is 10.7. The van der Waals surface area contributed by atoms with E-state index in [1.54, 1.807) is 11.8 Å². The molecule has 190 valence electrons. The van der Waals surface area contributed by atoms with Crippen molar-refractivity contribution in [3.05, 3.63) is 23.5 Å². The third kappa shape index (κ3) is 4.72. The van der Waals surface area contributed by atoms with Crippen LogP contribution >= 0.6 is 0 Å². The molecule has 7 heteroatoms. The second kappa shape index (κ2) is 10.3. The minimum atomic E-state index is -0.316. The van der Waals surface area contributed by atoms with Crippen LogP contribution in [0.3, 0.4) is 0 Å². The lowest BCUT2D eigenvalue weighted by Crippen LogP contribution is -2.42. The molecular formula is C28H39N3O4. The molecule has 3 aliphatic rings. The summed E-state index contributed by atoms with van der Waals surface area (Å²) in [5.41, 5.74) is 4.20. The monoisotopic (exact) mass is 481 g/mol. The predicted octanol–water partition coefficient (Wildman–Crippen LogP) is 5.77. The molecule has 0 N–H and O–H groups in total. The van der Waals surface area contributed by atoms with Crippen LogP contribution < -0.4 is 4.90 Å². The summed E-state index contributed by atoms with van der Waals surface area (Å²) in [6.45, 7) is 4.67. The fraction of sp³-hybridized carbons (Fsp3) is 0.679. The van der Waals surface area contributed by atoms with Crippen LogP contribution in [0.1, 0.15) is 89.1 Å². The van der Waals surface area contributed by atoms with Gasteiger partial charge in [-0.1, -0.05) is 6.42 Å². The topological polar surface area (TPSA) is 73.7 Å². The van der Waals surface area contributed by atoms with Crippen LogP contribution in [0, 0.1) is 5.92 Å². The highest BCUT2D eigenvalue weighted by Gasteiger charge is 2.33. The average molecular weight is 482 g/mol. The van der Waals surface area contributed by atoms with Gasteiger partial charge in [0.25, 0.3) is 0 Å². The van der Waals surface area contributed by atoms with Gasteiger partial charge in [0.05, 0.1) is 29.9 Å². The molecule has 7 nitrogen and oxygen atoms in total. The number of rotatable bonds is 5. The highest BCUT2D eigenvalue weighted by Crippen LogP contribution is 2.41. The summed E-state index contributed by atoms with van der Waals surface area (Å²) in [4.78, 5) is 31.9. The summed E-state index contributed by atoms with van der Waals surface area (Å²) >= 11 is 0. The molecule has 0 spiro atoms. The Bertz CT molecular complexity index is 1090. The highest BCUT2D eigenvalue weighted by atomic mass is 16.5. The van der Waals surface area contributed by atoms with E-state index in [9.17, 15) is 9.59 Å². The normalized spacial score (nSPS) is 27.0. The van der Waals surface area contributed by atoms with Gasteiger partial charge in [-0.2, -0.15) is 0 Å². The lowest BCUT2D eigenvalue weighted by atomic mass is 9.83. The Morgan fingerprint density at radius 1 is 1.14 bits per heavy atom. The zero-order chi connectivity index (χ0) is 24.5. The highest BCUT2D eigenvalue weighted by molar-refractivity contribution is 5.95. The molecule has 0 radical (unpaired) electrons. The third-order valence-electron chi connectivity index (χ3n) is 8.45. The molecule has 3 heterocycles. The molecule has 0 unspecified atom stereocenters. The standard InChI is InChI=1S/C28H39N3O4/c1-18-10-12-23-24(30(18)28(33)34-3)13-14-25-27(23)29-26(15-11-22-9-4-5-16-35-22)31(25)21-8-6-7-20(17-21)19(2)32/h13-14,18,20-22H,4-12,15-17H2,1-3H3/t18-,20-,21+,22-/m0/s1. The smallest absolute Gasteiger partial charge is 0.414 e. The van der Waals surface area contributed by atoms with E-state index < -0.39 is 0 Å². The molecule has 1 saturated heterocycles. The number of amides is 1. The third-order valence-corrected chi connectivity index (χ3v) is 8.45. The summed E-state index contributed by atoms with van der Waals surface area (Å²) in [7, 11) is 1.44. The first kappa shape index (κ1) is 24.3. The maximum atomic E-state index is 12.6. The van der Waals surface area contributed by atoms with E-state index in [4.69, 9.17) is 14.5 Å².